The number of amides is 4. The maximum Gasteiger partial charge on any atom is 0.241 e. The molecule has 3 fully saturated rings. The van der Waals surface area contributed by atoms with Crippen molar-refractivity contribution in [1.29, 1.82) is 0 Å². The number of primary amides is 1. The van der Waals surface area contributed by atoms with Crippen LogP contribution in [0.5, 0.6) is 0 Å². The molecule has 1 aromatic carbocycles. The van der Waals surface area contributed by atoms with Crippen molar-refractivity contribution in [2.24, 2.45) is 23.5 Å². The van der Waals surface area contributed by atoms with Gasteiger partial charge >= 0.3 is 0 Å². The van der Waals surface area contributed by atoms with E-state index in [4.69, 9.17) is 5.73 Å². The van der Waals surface area contributed by atoms with Crippen LogP contribution in [-0.4, -0.2) is 46.5 Å². The summed E-state index contributed by atoms with van der Waals surface area (Å²) in [5.41, 5.74) is 7.52. The highest BCUT2D eigenvalue weighted by atomic mass is 16.2. The zero-order valence-electron chi connectivity index (χ0n) is 16.8. The minimum atomic E-state index is -1.10. The molecule has 2 saturated heterocycles. The molecule has 2 aliphatic heterocycles. The van der Waals surface area contributed by atoms with Crippen molar-refractivity contribution in [1.82, 2.24) is 9.80 Å². The minimum Gasteiger partial charge on any atom is -0.368 e. The van der Waals surface area contributed by atoms with Crippen molar-refractivity contribution in [3.63, 3.8) is 0 Å². The van der Waals surface area contributed by atoms with Gasteiger partial charge in [-0.1, -0.05) is 49.1 Å². The third-order valence-corrected chi connectivity index (χ3v) is 6.82. The van der Waals surface area contributed by atoms with Crippen molar-refractivity contribution in [3.05, 3.63) is 35.4 Å². The first-order chi connectivity index (χ1) is 13.8. The molecule has 1 aromatic rings. The van der Waals surface area contributed by atoms with E-state index in [-0.39, 0.29) is 17.7 Å². The SMILES string of the molecule is Cc1ccc(C2C3C(=O)N(C)C(=O)C3C(C(N)=O)N2C(=O)C2CCCCC2)cc1. The van der Waals surface area contributed by atoms with E-state index in [2.05, 4.69) is 0 Å². The second-order valence-electron chi connectivity index (χ2n) is 8.57. The number of hydrogen-bond donors (Lipinski definition) is 1. The lowest BCUT2D eigenvalue weighted by molar-refractivity contribution is -0.148. The van der Waals surface area contributed by atoms with Gasteiger partial charge in [-0.25, -0.2) is 0 Å². The van der Waals surface area contributed by atoms with E-state index in [0.717, 1.165) is 48.1 Å². The number of aryl methyl sites for hydroxylation is 1. The van der Waals surface area contributed by atoms with Crippen molar-refractivity contribution in [2.75, 3.05) is 7.05 Å². The predicted molar refractivity (Wildman–Crippen MR) is 105 cm³/mol. The molecule has 7 nitrogen and oxygen atoms in total. The standard InChI is InChI=1S/C22H27N3O4/c1-12-8-10-13(11-9-12)17-15-16(22(29)24(2)21(15)28)18(19(23)26)25(17)20(27)14-6-4-3-5-7-14/h8-11,14-18H,3-7H2,1-2H3,(H2,23,26). The molecular formula is C22H27N3O4. The summed E-state index contributed by atoms with van der Waals surface area (Å²) >= 11 is 0. The Labute approximate surface area is 170 Å². The lowest BCUT2D eigenvalue weighted by Gasteiger charge is -2.35. The van der Waals surface area contributed by atoms with Crippen LogP contribution in [0.2, 0.25) is 0 Å². The van der Waals surface area contributed by atoms with Crippen LogP contribution in [0.1, 0.15) is 49.3 Å². The van der Waals surface area contributed by atoms with Crippen LogP contribution >= 0.6 is 0 Å². The molecule has 0 radical (unpaired) electrons. The first-order valence-electron chi connectivity index (χ1n) is 10.3. The van der Waals surface area contributed by atoms with E-state index in [1.807, 2.05) is 31.2 Å². The van der Waals surface area contributed by atoms with Crippen LogP contribution in [-0.2, 0) is 19.2 Å². The zero-order valence-corrected chi connectivity index (χ0v) is 16.8. The van der Waals surface area contributed by atoms with E-state index in [1.165, 1.54) is 11.9 Å². The third-order valence-electron chi connectivity index (χ3n) is 6.82. The fraction of sp³-hybridized carbons (Fsp3) is 0.545. The first-order valence-corrected chi connectivity index (χ1v) is 10.3. The van der Waals surface area contributed by atoms with Gasteiger partial charge in [0.1, 0.15) is 6.04 Å². The Hall–Kier alpha value is -2.70. The lowest BCUT2D eigenvalue weighted by atomic mass is 9.86. The number of carbonyl (C=O) groups is 4. The van der Waals surface area contributed by atoms with Gasteiger partial charge in [0.15, 0.2) is 0 Å². The summed E-state index contributed by atoms with van der Waals surface area (Å²) in [5.74, 6) is -3.55. The van der Waals surface area contributed by atoms with E-state index in [1.54, 1.807) is 0 Å². The summed E-state index contributed by atoms with van der Waals surface area (Å²) in [6.07, 6.45) is 4.55. The molecule has 4 atom stereocenters. The molecule has 0 spiro atoms. The molecule has 4 amide bonds. The third kappa shape index (κ3) is 3.03. The average molecular weight is 397 g/mol. The number of nitrogens with two attached hydrogens (primary N) is 1. The van der Waals surface area contributed by atoms with E-state index in [9.17, 15) is 19.2 Å². The monoisotopic (exact) mass is 397 g/mol. The first kappa shape index (κ1) is 19.6. The predicted octanol–water partition coefficient (Wildman–Crippen LogP) is 1.54. The number of imide groups is 1. The molecule has 154 valence electrons. The van der Waals surface area contributed by atoms with E-state index < -0.39 is 35.7 Å². The molecular weight excluding hydrogens is 370 g/mol. The molecule has 2 N–H and O–H groups in total. The largest absolute Gasteiger partial charge is 0.368 e. The fourth-order valence-corrected chi connectivity index (χ4v) is 5.33. The van der Waals surface area contributed by atoms with E-state index >= 15 is 0 Å². The Morgan fingerprint density at radius 1 is 0.966 bits per heavy atom. The van der Waals surface area contributed by atoms with Gasteiger partial charge in [-0.2, -0.15) is 0 Å². The fourth-order valence-electron chi connectivity index (χ4n) is 5.33. The lowest BCUT2D eigenvalue weighted by Crippen LogP contribution is -2.51. The minimum absolute atomic E-state index is 0.156. The number of likely N-dealkylation sites (tertiary alicyclic amines) is 2. The van der Waals surface area contributed by atoms with Gasteiger partial charge in [-0.3, -0.25) is 24.1 Å². The van der Waals surface area contributed by atoms with Gasteiger partial charge in [-0.15, -0.1) is 0 Å². The Balaban J connectivity index is 1.83. The van der Waals surface area contributed by atoms with Gasteiger partial charge in [0.25, 0.3) is 0 Å². The van der Waals surface area contributed by atoms with Crippen LogP contribution in [0.3, 0.4) is 0 Å². The molecule has 7 heteroatoms. The summed E-state index contributed by atoms with van der Waals surface area (Å²) in [4.78, 5) is 54.4. The normalized spacial score (nSPS) is 30.0. The van der Waals surface area contributed by atoms with Crippen LogP contribution in [0.25, 0.3) is 0 Å². The van der Waals surface area contributed by atoms with E-state index in [0.29, 0.717) is 0 Å². The van der Waals surface area contributed by atoms with Gasteiger partial charge in [0.05, 0.1) is 17.9 Å². The molecule has 2 heterocycles. The van der Waals surface area contributed by atoms with Gasteiger partial charge in [0.2, 0.25) is 23.6 Å². The summed E-state index contributed by atoms with van der Waals surface area (Å²) in [5, 5.41) is 0. The Bertz CT molecular complexity index is 859. The number of benzene rings is 1. The Morgan fingerprint density at radius 2 is 1.55 bits per heavy atom. The van der Waals surface area contributed by atoms with Crippen LogP contribution in [0.4, 0.5) is 0 Å². The summed E-state index contributed by atoms with van der Waals surface area (Å²) in [6.45, 7) is 1.95. The molecule has 1 saturated carbocycles. The highest BCUT2D eigenvalue weighted by Crippen LogP contribution is 2.50. The van der Waals surface area contributed by atoms with Crippen LogP contribution in [0.15, 0.2) is 24.3 Å². The van der Waals surface area contributed by atoms with Gasteiger partial charge in [0, 0.05) is 13.0 Å². The highest BCUT2D eigenvalue weighted by Gasteiger charge is 2.64. The Kier molecular flexibility index (Phi) is 4.92. The molecule has 0 aromatic heterocycles. The average Bonchev–Trinajstić information content (AvgIpc) is 3.18. The second-order valence-corrected chi connectivity index (χ2v) is 8.57. The summed E-state index contributed by atoms with van der Waals surface area (Å²) < 4.78 is 0. The number of rotatable bonds is 3. The van der Waals surface area contributed by atoms with Gasteiger partial charge in [-0.05, 0) is 25.3 Å². The second kappa shape index (κ2) is 7.28. The number of nitrogens with zero attached hydrogens (tertiary/aromatic N) is 2. The van der Waals surface area contributed by atoms with Crippen molar-refractivity contribution >= 4 is 23.6 Å². The highest BCUT2D eigenvalue weighted by molar-refractivity contribution is 6.09. The quantitative estimate of drug-likeness (QED) is 0.782. The smallest absolute Gasteiger partial charge is 0.241 e. The number of hydrogen-bond acceptors (Lipinski definition) is 4. The molecule has 1 aliphatic carbocycles. The van der Waals surface area contributed by atoms with Crippen molar-refractivity contribution < 1.29 is 19.2 Å². The molecule has 29 heavy (non-hydrogen) atoms. The van der Waals surface area contributed by atoms with Crippen LogP contribution in [0, 0.1) is 24.7 Å². The molecule has 3 aliphatic rings. The molecule has 0 bridgehead atoms. The zero-order chi connectivity index (χ0) is 20.9. The maximum atomic E-state index is 13.6. The summed E-state index contributed by atoms with van der Waals surface area (Å²) in [7, 11) is 1.43. The van der Waals surface area contributed by atoms with Gasteiger partial charge < -0.3 is 10.6 Å². The molecule has 4 unspecified atom stereocenters. The van der Waals surface area contributed by atoms with Crippen LogP contribution < -0.4 is 5.73 Å². The van der Waals surface area contributed by atoms with Crippen molar-refractivity contribution in [2.45, 2.75) is 51.1 Å². The Morgan fingerprint density at radius 3 is 2.14 bits per heavy atom. The summed E-state index contributed by atoms with van der Waals surface area (Å²) in [6, 6.07) is 5.82. The number of fused-ring (bicyclic) bond motifs is 1. The topological polar surface area (TPSA) is 101 Å². The number of carbonyl (C=O) groups excluding carboxylic acids is 4. The molecule has 4 rings (SSSR count). The van der Waals surface area contributed by atoms with Crippen molar-refractivity contribution in [3.8, 4) is 0 Å². The maximum absolute atomic E-state index is 13.6.